The molecule has 15 heavy (non-hydrogen) atoms. The fourth-order valence-electron chi connectivity index (χ4n) is 1.11. The topological polar surface area (TPSA) is 75.3 Å². The molecule has 3 N–H and O–H groups in total. The molecule has 1 aromatic rings. The number of hydrogen-bond acceptors (Lipinski definition) is 6. The standard InChI is InChI=1S/C7H12F2N4OS/c8-6(9)4-13(1-2-14)3-5-7(10)15-12-11-5/h6,14H,1-4,10H2. The van der Waals surface area contributed by atoms with Crippen molar-refractivity contribution in [1.29, 1.82) is 0 Å². The van der Waals surface area contributed by atoms with Crippen molar-refractivity contribution >= 4 is 16.5 Å². The lowest BCUT2D eigenvalue weighted by molar-refractivity contribution is 0.0741. The molecule has 0 saturated heterocycles. The van der Waals surface area contributed by atoms with Gasteiger partial charge in [0.05, 0.1) is 13.2 Å². The third-order valence-corrected chi connectivity index (χ3v) is 2.37. The Bertz CT molecular complexity index is 296. The van der Waals surface area contributed by atoms with Crippen LogP contribution in [0.2, 0.25) is 0 Å². The van der Waals surface area contributed by atoms with E-state index in [2.05, 4.69) is 9.59 Å². The lowest BCUT2D eigenvalue weighted by Crippen LogP contribution is -2.31. The van der Waals surface area contributed by atoms with Gasteiger partial charge in [-0.05, 0) is 0 Å². The maximum atomic E-state index is 12.1. The Labute approximate surface area is 89.7 Å². The van der Waals surface area contributed by atoms with Crippen LogP contribution in [0, 0.1) is 0 Å². The Balaban J connectivity index is 2.54. The van der Waals surface area contributed by atoms with Crippen molar-refractivity contribution in [2.24, 2.45) is 0 Å². The van der Waals surface area contributed by atoms with Crippen LogP contribution in [0.1, 0.15) is 5.69 Å². The average molecular weight is 238 g/mol. The van der Waals surface area contributed by atoms with Crippen molar-refractivity contribution in [2.45, 2.75) is 13.0 Å². The van der Waals surface area contributed by atoms with Gasteiger partial charge in [-0.3, -0.25) is 4.90 Å². The van der Waals surface area contributed by atoms with Crippen LogP contribution in [-0.4, -0.2) is 45.7 Å². The fourth-order valence-corrected chi connectivity index (χ4v) is 1.55. The summed E-state index contributed by atoms with van der Waals surface area (Å²) in [6.45, 7) is -0.226. The minimum absolute atomic E-state index is 0.168. The van der Waals surface area contributed by atoms with E-state index >= 15 is 0 Å². The van der Waals surface area contributed by atoms with Gasteiger partial charge in [0.15, 0.2) is 0 Å². The van der Waals surface area contributed by atoms with Crippen LogP contribution >= 0.6 is 11.5 Å². The number of nitrogens with two attached hydrogens (primary N) is 1. The Kier molecular flexibility index (Phi) is 4.79. The zero-order valence-electron chi connectivity index (χ0n) is 7.94. The predicted molar refractivity (Wildman–Crippen MR) is 52.7 cm³/mol. The van der Waals surface area contributed by atoms with E-state index in [1.54, 1.807) is 0 Å². The summed E-state index contributed by atoms with van der Waals surface area (Å²) in [4.78, 5) is 1.39. The predicted octanol–water partition coefficient (Wildman–Crippen LogP) is 0.180. The number of halogens is 2. The van der Waals surface area contributed by atoms with Gasteiger partial charge in [-0.2, -0.15) is 0 Å². The van der Waals surface area contributed by atoms with Crippen molar-refractivity contribution in [3.05, 3.63) is 5.69 Å². The van der Waals surface area contributed by atoms with Crippen LogP contribution in [0.25, 0.3) is 0 Å². The van der Waals surface area contributed by atoms with E-state index in [-0.39, 0.29) is 19.7 Å². The normalized spacial score (nSPS) is 11.5. The summed E-state index contributed by atoms with van der Waals surface area (Å²) in [5, 5.41) is 12.8. The van der Waals surface area contributed by atoms with E-state index in [9.17, 15) is 8.78 Å². The Hall–Kier alpha value is -0.860. The number of nitrogen functional groups attached to an aromatic ring is 1. The fraction of sp³-hybridized carbons (Fsp3) is 0.714. The van der Waals surface area contributed by atoms with Crippen LogP contribution in [0.3, 0.4) is 0 Å². The number of alkyl halides is 2. The molecule has 0 radical (unpaired) electrons. The van der Waals surface area contributed by atoms with Gasteiger partial charge in [0.1, 0.15) is 10.7 Å². The smallest absolute Gasteiger partial charge is 0.251 e. The molecule has 0 bridgehead atoms. The maximum Gasteiger partial charge on any atom is 0.251 e. The van der Waals surface area contributed by atoms with Crippen LogP contribution in [-0.2, 0) is 6.54 Å². The molecule has 0 spiro atoms. The number of hydrogen-bond donors (Lipinski definition) is 2. The third-order valence-electron chi connectivity index (χ3n) is 1.77. The van der Waals surface area contributed by atoms with Gasteiger partial charge in [0.2, 0.25) is 0 Å². The highest BCUT2D eigenvalue weighted by Gasteiger charge is 2.15. The second-order valence-corrected chi connectivity index (χ2v) is 3.72. The van der Waals surface area contributed by atoms with Crippen LogP contribution in [0.5, 0.6) is 0 Å². The van der Waals surface area contributed by atoms with E-state index < -0.39 is 13.0 Å². The lowest BCUT2D eigenvalue weighted by Gasteiger charge is -2.19. The number of aliphatic hydroxyl groups excluding tert-OH is 1. The lowest BCUT2D eigenvalue weighted by atomic mass is 10.4. The summed E-state index contributed by atoms with van der Waals surface area (Å²) in [5.74, 6) is 0. The molecule has 0 aliphatic carbocycles. The van der Waals surface area contributed by atoms with Crippen molar-refractivity contribution in [1.82, 2.24) is 14.5 Å². The summed E-state index contributed by atoms with van der Waals surface area (Å²) >= 11 is 1.02. The van der Waals surface area contributed by atoms with Gasteiger partial charge in [-0.15, -0.1) is 5.10 Å². The van der Waals surface area contributed by atoms with Crippen molar-refractivity contribution in [3.63, 3.8) is 0 Å². The molecule has 0 aliphatic rings. The van der Waals surface area contributed by atoms with Crippen molar-refractivity contribution in [2.75, 3.05) is 25.4 Å². The third kappa shape index (κ3) is 4.02. The first kappa shape index (κ1) is 12.2. The molecule has 1 heterocycles. The largest absolute Gasteiger partial charge is 0.395 e. The van der Waals surface area contributed by atoms with E-state index in [0.717, 1.165) is 11.5 Å². The van der Waals surface area contributed by atoms with Gasteiger partial charge < -0.3 is 10.8 Å². The molecule has 0 amide bonds. The quantitative estimate of drug-likeness (QED) is 0.739. The molecule has 5 nitrogen and oxygen atoms in total. The SMILES string of the molecule is Nc1snnc1CN(CCO)CC(F)F. The minimum atomic E-state index is -2.44. The summed E-state index contributed by atoms with van der Waals surface area (Å²) in [6, 6.07) is 0. The first-order chi connectivity index (χ1) is 7.13. The first-order valence-electron chi connectivity index (χ1n) is 4.31. The molecular weight excluding hydrogens is 226 g/mol. The number of aliphatic hydroxyl groups is 1. The average Bonchev–Trinajstić information content (AvgIpc) is 2.51. The van der Waals surface area contributed by atoms with Gasteiger partial charge in [0, 0.05) is 24.6 Å². The number of nitrogens with zero attached hydrogens (tertiary/aromatic N) is 3. The van der Waals surface area contributed by atoms with Crippen molar-refractivity contribution < 1.29 is 13.9 Å². The van der Waals surface area contributed by atoms with Crippen LogP contribution < -0.4 is 5.73 Å². The second kappa shape index (κ2) is 5.89. The van der Waals surface area contributed by atoms with Gasteiger partial charge in [0.25, 0.3) is 6.43 Å². The molecule has 0 atom stereocenters. The molecule has 1 aromatic heterocycles. The molecular formula is C7H12F2N4OS. The van der Waals surface area contributed by atoms with Crippen LogP contribution in [0.15, 0.2) is 0 Å². The van der Waals surface area contributed by atoms with Crippen molar-refractivity contribution in [3.8, 4) is 0 Å². The maximum absolute atomic E-state index is 12.1. The first-order valence-corrected chi connectivity index (χ1v) is 5.09. The Morgan fingerprint density at radius 3 is 2.73 bits per heavy atom. The highest BCUT2D eigenvalue weighted by Crippen LogP contribution is 2.15. The minimum Gasteiger partial charge on any atom is -0.395 e. The monoisotopic (exact) mass is 238 g/mol. The number of anilines is 1. The summed E-state index contributed by atoms with van der Waals surface area (Å²) in [5.41, 5.74) is 6.01. The van der Waals surface area contributed by atoms with E-state index in [0.29, 0.717) is 10.7 Å². The second-order valence-electron chi connectivity index (χ2n) is 2.93. The van der Waals surface area contributed by atoms with E-state index in [4.69, 9.17) is 10.8 Å². The Morgan fingerprint density at radius 1 is 1.53 bits per heavy atom. The molecule has 0 aliphatic heterocycles. The zero-order chi connectivity index (χ0) is 11.3. The molecule has 8 heteroatoms. The summed E-state index contributed by atoms with van der Waals surface area (Å²) in [7, 11) is 0. The van der Waals surface area contributed by atoms with Gasteiger partial charge >= 0.3 is 0 Å². The van der Waals surface area contributed by atoms with Gasteiger partial charge in [-0.25, -0.2) is 8.78 Å². The molecule has 0 fully saturated rings. The zero-order valence-corrected chi connectivity index (χ0v) is 8.75. The van der Waals surface area contributed by atoms with Crippen LogP contribution in [0.4, 0.5) is 13.8 Å². The molecule has 1 rings (SSSR count). The highest BCUT2D eigenvalue weighted by molar-refractivity contribution is 7.09. The molecule has 86 valence electrons. The molecule has 0 unspecified atom stereocenters. The Morgan fingerprint density at radius 2 is 2.27 bits per heavy atom. The number of rotatable bonds is 6. The summed E-state index contributed by atoms with van der Waals surface area (Å²) < 4.78 is 27.9. The molecule has 0 aromatic carbocycles. The van der Waals surface area contributed by atoms with E-state index in [1.807, 2.05) is 0 Å². The van der Waals surface area contributed by atoms with E-state index in [1.165, 1.54) is 4.90 Å². The van der Waals surface area contributed by atoms with Gasteiger partial charge in [-0.1, -0.05) is 4.49 Å². The highest BCUT2D eigenvalue weighted by atomic mass is 32.1. The molecule has 0 saturated carbocycles. The number of aromatic nitrogens is 2. The summed E-state index contributed by atoms with van der Waals surface area (Å²) in [6.07, 6.45) is -2.44.